The minimum absolute atomic E-state index is 0.227. The second-order valence-corrected chi connectivity index (χ2v) is 4.09. The van der Waals surface area contributed by atoms with Crippen molar-refractivity contribution in [2.45, 2.75) is 38.3 Å². The van der Waals surface area contributed by atoms with Crippen molar-refractivity contribution in [3.63, 3.8) is 0 Å². The second kappa shape index (κ2) is 5.32. The maximum absolute atomic E-state index is 10.8. The van der Waals surface area contributed by atoms with Gasteiger partial charge >= 0.3 is 5.97 Å². The molecule has 2 atom stereocenters. The van der Waals surface area contributed by atoms with E-state index < -0.39 is 12.0 Å². The number of aliphatic carboxylic acids is 1. The molecule has 0 aromatic rings. The molecule has 0 radical (unpaired) electrons. The van der Waals surface area contributed by atoms with E-state index in [1.165, 1.54) is 20.0 Å². The first-order chi connectivity index (χ1) is 6.63. The second-order valence-electron chi connectivity index (χ2n) is 4.09. The third-order valence-corrected chi connectivity index (χ3v) is 2.50. The fraction of sp³-hybridized carbons (Fsp3) is 0.900. The molecule has 0 amide bonds. The predicted octanol–water partition coefficient (Wildman–Crippen LogP) is 0.864. The van der Waals surface area contributed by atoms with Gasteiger partial charge in [-0.15, -0.1) is 0 Å². The van der Waals surface area contributed by atoms with Crippen LogP contribution in [0.2, 0.25) is 0 Å². The molecule has 14 heavy (non-hydrogen) atoms. The number of ether oxygens (including phenoxy) is 1. The first-order valence-corrected chi connectivity index (χ1v) is 5.11. The Balaban J connectivity index is 2.25. The fourth-order valence-electron chi connectivity index (χ4n) is 1.62. The topological polar surface area (TPSA) is 58.6 Å². The summed E-state index contributed by atoms with van der Waals surface area (Å²) in [5, 5.41) is 11.9. The van der Waals surface area contributed by atoms with Gasteiger partial charge in [-0.1, -0.05) is 12.8 Å². The highest BCUT2D eigenvalue weighted by atomic mass is 16.5. The van der Waals surface area contributed by atoms with E-state index >= 15 is 0 Å². The molecule has 0 saturated heterocycles. The minimum atomic E-state index is -0.838. The molecule has 1 aliphatic carbocycles. The third kappa shape index (κ3) is 4.07. The van der Waals surface area contributed by atoms with Crippen molar-refractivity contribution in [1.29, 1.82) is 0 Å². The smallest absolute Gasteiger partial charge is 0.323 e. The van der Waals surface area contributed by atoms with Gasteiger partial charge in [0.2, 0.25) is 0 Å². The molecule has 2 N–H and O–H groups in total. The third-order valence-electron chi connectivity index (χ3n) is 2.50. The quantitative estimate of drug-likeness (QED) is 0.641. The van der Waals surface area contributed by atoms with Gasteiger partial charge < -0.3 is 9.84 Å². The molecule has 2 unspecified atom stereocenters. The summed E-state index contributed by atoms with van der Waals surface area (Å²) in [6.45, 7) is 2.26. The van der Waals surface area contributed by atoms with Crippen LogP contribution in [0, 0.1) is 5.92 Å². The van der Waals surface area contributed by atoms with E-state index in [1.807, 2.05) is 6.92 Å². The summed E-state index contributed by atoms with van der Waals surface area (Å²) in [4.78, 5) is 10.8. The molecular formula is C10H19NO3. The Morgan fingerprint density at radius 1 is 1.64 bits per heavy atom. The van der Waals surface area contributed by atoms with Crippen LogP contribution in [-0.2, 0) is 9.53 Å². The van der Waals surface area contributed by atoms with E-state index in [-0.39, 0.29) is 12.6 Å². The minimum Gasteiger partial charge on any atom is -0.480 e. The molecule has 82 valence electrons. The summed E-state index contributed by atoms with van der Waals surface area (Å²) in [5.74, 6) is -0.0241. The van der Waals surface area contributed by atoms with Gasteiger partial charge in [-0.3, -0.25) is 10.1 Å². The van der Waals surface area contributed by atoms with Crippen molar-refractivity contribution in [2.24, 2.45) is 5.92 Å². The van der Waals surface area contributed by atoms with E-state index in [2.05, 4.69) is 5.32 Å². The molecule has 0 spiro atoms. The summed E-state index contributed by atoms with van der Waals surface area (Å²) in [6, 6.07) is -0.313. The van der Waals surface area contributed by atoms with Gasteiger partial charge in [-0.05, 0) is 19.3 Å². The Hall–Kier alpha value is -0.610. The van der Waals surface area contributed by atoms with Crippen molar-refractivity contribution in [2.75, 3.05) is 13.7 Å². The largest absolute Gasteiger partial charge is 0.480 e. The summed E-state index contributed by atoms with van der Waals surface area (Å²) < 4.78 is 4.84. The number of hydrogen-bond acceptors (Lipinski definition) is 3. The first kappa shape index (κ1) is 11.5. The van der Waals surface area contributed by atoms with E-state index in [4.69, 9.17) is 9.84 Å². The Kier molecular flexibility index (Phi) is 4.35. The van der Waals surface area contributed by atoms with Crippen LogP contribution < -0.4 is 5.32 Å². The number of nitrogens with one attached hydrogen (secondary N) is 1. The molecule has 4 heteroatoms. The van der Waals surface area contributed by atoms with Gasteiger partial charge in [0.15, 0.2) is 0 Å². The molecule has 0 aromatic carbocycles. The molecule has 0 aliphatic heterocycles. The number of carbonyl (C=O) groups is 1. The lowest BCUT2D eigenvalue weighted by Gasteiger charge is -2.19. The van der Waals surface area contributed by atoms with Crippen LogP contribution in [-0.4, -0.2) is 36.9 Å². The lowest BCUT2D eigenvalue weighted by Crippen LogP contribution is -2.45. The zero-order valence-electron chi connectivity index (χ0n) is 8.82. The van der Waals surface area contributed by atoms with Gasteiger partial charge in [-0.25, -0.2) is 0 Å². The Bertz CT molecular complexity index is 192. The Morgan fingerprint density at radius 3 is 2.71 bits per heavy atom. The fourth-order valence-corrected chi connectivity index (χ4v) is 1.62. The average Bonchev–Trinajstić information content (AvgIpc) is 2.87. The molecule has 1 aliphatic rings. The van der Waals surface area contributed by atoms with Crippen molar-refractivity contribution in [1.82, 2.24) is 5.32 Å². The summed E-state index contributed by atoms with van der Waals surface area (Å²) in [7, 11) is 1.52. The SMILES string of the molecule is COCC(NC(C)CC1CC1)C(=O)O. The molecule has 4 nitrogen and oxygen atoms in total. The van der Waals surface area contributed by atoms with Gasteiger partial charge in [-0.2, -0.15) is 0 Å². The molecule has 0 bridgehead atoms. The van der Waals surface area contributed by atoms with Crippen LogP contribution in [0.25, 0.3) is 0 Å². The normalized spacial score (nSPS) is 20.4. The Morgan fingerprint density at radius 2 is 2.29 bits per heavy atom. The predicted molar refractivity (Wildman–Crippen MR) is 53.2 cm³/mol. The molecule has 1 fully saturated rings. The van der Waals surface area contributed by atoms with Crippen molar-refractivity contribution in [3.05, 3.63) is 0 Å². The zero-order valence-corrected chi connectivity index (χ0v) is 8.82. The van der Waals surface area contributed by atoms with E-state index in [9.17, 15) is 4.79 Å². The maximum Gasteiger partial charge on any atom is 0.323 e. The molecule has 0 aromatic heterocycles. The van der Waals surface area contributed by atoms with Crippen LogP contribution in [0.3, 0.4) is 0 Å². The van der Waals surface area contributed by atoms with Crippen LogP contribution in [0.4, 0.5) is 0 Å². The Labute approximate surface area is 84.6 Å². The maximum atomic E-state index is 10.8. The number of carboxylic acid groups (broad SMARTS) is 1. The number of carboxylic acids is 1. The lowest BCUT2D eigenvalue weighted by molar-refractivity contribution is -0.141. The van der Waals surface area contributed by atoms with Gasteiger partial charge in [0.25, 0.3) is 0 Å². The molecule has 0 heterocycles. The van der Waals surface area contributed by atoms with Crippen molar-refractivity contribution in [3.8, 4) is 0 Å². The van der Waals surface area contributed by atoms with Gasteiger partial charge in [0.1, 0.15) is 6.04 Å². The summed E-state index contributed by atoms with van der Waals surface area (Å²) in [5.41, 5.74) is 0. The first-order valence-electron chi connectivity index (χ1n) is 5.11. The number of rotatable bonds is 7. The summed E-state index contributed by atoms with van der Waals surface area (Å²) in [6.07, 6.45) is 3.68. The van der Waals surface area contributed by atoms with Crippen molar-refractivity contribution < 1.29 is 14.6 Å². The van der Waals surface area contributed by atoms with Crippen LogP contribution in [0.5, 0.6) is 0 Å². The standard InChI is InChI=1S/C10H19NO3/c1-7(5-8-3-4-8)11-9(6-14-2)10(12)13/h7-9,11H,3-6H2,1-2H3,(H,12,13). The average molecular weight is 201 g/mol. The number of hydrogen-bond donors (Lipinski definition) is 2. The van der Waals surface area contributed by atoms with Crippen LogP contribution >= 0.6 is 0 Å². The summed E-state index contributed by atoms with van der Waals surface area (Å²) >= 11 is 0. The highest BCUT2D eigenvalue weighted by Gasteiger charge is 2.26. The van der Waals surface area contributed by atoms with Crippen LogP contribution in [0.1, 0.15) is 26.2 Å². The molecule has 1 rings (SSSR count). The van der Waals surface area contributed by atoms with Gasteiger partial charge in [0.05, 0.1) is 6.61 Å². The molecular weight excluding hydrogens is 182 g/mol. The highest BCUT2D eigenvalue weighted by Crippen LogP contribution is 2.33. The lowest BCUT2D eigenvalue weighted by atomic mass is 10.1. The molecule has 1 saturated carbocycles. The highest BCUT2D eigenvalue weighted by molar-refractivity contribution is 5.73. The van der Waals surface area contributed by atoms with Gasteiger partial charge in [0, 0.05) is 13.2 Å². The van der Waals surface area contributed by atoms with Crippen LogP contribution in [0.15, 0.2) is 0 Å². The number of methoxy groups -OCH3 is 1. The van der Waals surface area contributed by atoms with E-state index in [0.29, 0.717) is 0 Å². The monoisotopic (exact) mass is 201 g/mol. The van der Waals surface area contributed by atoms with E-state index in [0.717, 1.165) is 12.3 Å². The zero-order chi connectivity index (χ0) is 10.6. The van der Waals surface area contributed by atoms with E-state index in [1.54, 1.807) is 0 Å². The van der Waals surface area contributed by atoms with Crippen molar-refractivity contribution >= 4 is 5.97 Å².